The topological polar surface area (TPSA) is 78.9 Å². The second-order valence-corrected chi connectivity index (χ2v) is 23.4. The van der Waals surface area contributed by atoms with Gasteiger partial charge in [0.25, 0.3) is 0 Å². The molecule has 6 heteroatoms. The van der Waals surface area contributed by atoms with E-state index in [0.29, 0.717) is 19.3 Å². The van der Waals surface area contributed by atoms with Crippen LogP contribution in [0.15, 0.2) is 60.8 Å². The van der Waals surface area contributed by atoms with Crippen LogP contribution in [0.1, 0.15) is 367 Å². The Morgan fingerprint density at radius 2 is 0.456 bits per heavy atom. The van der Waals surface area contributed by atoms with E-state index in [1.165, 1.54) is 250 Å². The molecule has 0 aromatic carbocycles. The van der Waals surface area contributed by atoms with E-state index in [1.54, 1.807) is 0 Å². The van der Waals surface area contributed by atoms with Gasteiger partial charge in [-0.1, -0.05) is 300 Å². The molecule has 460 valence electrons. The van der Waals surface area contributed by atoms with E-state index in [4.69, 9.17) is 14.2 Å². The molecular weight excluding hydrogens is 973 g/mol. The molecular formula is C73H132O6. The normalized spacial score (nSPS) is 12.4. The third-order valence-corrected chi connectivity index (χ3v) is 15.5. The molecule has 0 saturated heterocycles. The van der Waals surface area contributed by atoms with Gasteiger partial charge >= 0.3 is 17.9 Å². The van der Waals surface area contributed by atoms with Crippen LogP contribution in [0.25, 0.3) is 0 Å². The molecule has 0 N–H and O–H groups in total. The Bertz CT molecular complexity index is 1410. The van der Waals surface area contributed by atoms with Gasteiger partial charge in [-0.2, -0.15) is 0 Å². The summed E-state index contributed by atoms with van der Waals surface area (Å²) in [7, 11) is 0. The van der Waals surface area contributed by atoms with Crippen molar-refractivity contribution < 1.29 is 28.6 Å². The van der Waals surface area contributed by atoms with E-state index in [1.807, 2.05) is 0 Å². The summed E-state index contributed by atoms with van der Waals surface area (Å²) in [6.45, 7) is 6.66. The third-order valence-electron chi connectivity index (χ3n) is 15.5. The van der Waals surface area contributed by atoms with E-state index >= 15 is 0 Å². The van der Waals surface area contributed by atoms with Crippen molar-refractivity contribution in [3.05, 3.63) is 60.8 Å². The molecule has 0 aromatic heterocycles. The molecule has 0 amide bonds. The second kappa shape index (κ2) is 67.6. The zero-order valence-electron chi connectivity index (χ0n) is 52.9. The highest BCUT2D eigenvalue weighted by atomic mass is 16.6. The molecule has 0 radical (unpaired) electrons. The molecule has 0 rings (SSSR count). The van der Waals surface area contributed by atoms with Gasteiger partial charge in [-0.05, 0) is 109 Å². The zero-order chi connectivity index (χ0) is 57.1. The largest absolute Gasteiger partial charge is 0.462 e. The molecule has 0 aliphatic carbocycles. The lowest BCUT2D eigenvalue weighted by Crippen LogP contribution is -2.30. The van der Waals surface area contributed by atoms with Gasteiger partial charge in [-0.25, -0.2) is 0 Å². The maximum Gasteiger partial charge on any atom is 0.306 e. The standard InChI is InChI=1S/C73H132O6/c1-4-7-10-13-16-19-22-25-28-31-34-35-36-37-38-39-40-43-45-48-51-54-57-60-63-66-72(75)78-69-70(79-73(76)67-64-61-58-55-52-49-46-42-33-30-27-24-21-18-15-12-9-6-3)68-77-71(74)65-62-59-56-53-50-47-44-41-32-29-26-23-20-17-14-11-8-5-2/h21-22,24-25,29-34,70H,4-20,23,26-28,35-69H2,1-3H3/b24-21-,25-22-,32-29-,33-30-,34-31-. The molecule has 79 heavy (non-hydrogen) atoms. The minimum absolute atomic E-state index is 0.0767. The zero-order valence-corrected chi connectivity index (χ0v) is 52.9. The Morgan fingerprint density at radius 3 is 0.722 bits per heavy atom. The first-order valence-electron chi connectivity index (χ1n) is 34.8. The van der Waals surface area contributed by atoms with Crippen molar-refractivity contribution in [3.63, 3.8) is 0 Å². The van der Waals surface area contributed by atoms with Crippen LogP contribution in [0, 0.1) is 0 Å². The van der Waals surface area contributed by atoms with Gasteiger partial charge in [-0.15, -0.1) is 0 Å². The van der Waals surface area contributed by atoms with Gasteiger partial charge in [0.15, 0.2) is 6.10 Å². The van der Waals surface area contributed by atoms with E-state index in [0.717, 1.165) is 77.0 Å². The van der Waals surface area contributed by atoms with Gasteiger partial charge in [0.1, 0.15) is 13.2 Å². The number of esters is 3. The van der Waals surface area contributed by atoms with Crippen molar-refractivity contribution in [1.82, 2.24) is 0 Å². The van der Waals surface area contributed by atoms with Crippen molar-refractivity contribution >= 4 is 17.9 Å². The highest BCUT2D eigenvalue weighted by Crippen LogP contribution is 2.17. The number of hydrogen-bond donors (Lipinski definition) is 0. The molecule has 6 nitrogen and oxygen atoms in total. The minimum atomic E-state index is -0.782. The first-order valence-corrected chi connectivity index (χ1v) is 34.8. The lowest BCUT2D eigenvalue weighted by atomic mass is 10.0. The summed E-state index contributed by atoms with van der Waals surface area (Å²) in [4.78, 5) is 38.4. The number of allylic oxidation sites excluding steroid dienone is 10. The van der Waals surface area contributed by atoms with E-state index < -0.39 is 6.10 Å². The number of ether oxygens (including phenoxy) is 3. The van der Waals surface area contributed by atoms with Crippen molar-refractivity contribution in [1.29, 1.82) is 0 Å². The molecule has 1 atom stereocenters. The van der Waals surface area contributed by atoms with E-state index in [9.17, 15) is 14.4 Å². The summed E-state index contributed by atoms with van der Waals surface area (Å²) < 4.78 is 17.0. The van der Waals surface area contributed by atoms with Gasteiger partial charge in [0.05, 0.1) is 0 Å². The van der Waals surface area contributed by atoms with Gasteiger partial charge in [0.2, 0.25) is 0 Å². The first-order chi connectivity index (χ1) is 39.0. The quantitative estimate of drug-likeness (QED) is 0.0261. The fourth-order valence-electron chi connectivity index (χ4n) is 10.2. The number of hydrogen-bond acceptors (Lipinski definition) is 6. The van der Waals surface area contributed by atoms with Crippen LogP contribution >= 0.6 is 0 Å². The number of unbranched alkanes of at least 4 members (excludes halogenated alkanes) is 43. The predicted octanol–water partition coefficient (Wildman–Crippen LogP) is 23.9. The van der Waals surface area contributed by atoms with Crippen molar-refractivity contribution in [2.75, 3.05) is 13.2 Å². The maximum absolute atomic E-state index is 12.9. The van der Waals surface area contributed by atoms with Gasteiger partial charge in [0, 0.05) is 19.3 Å². The Labute approximate surface area is 491 Å². The number of rotatable bonds is 64. The van der Waals surface area contributed by atoms with Crippen molar-refractivity contribution in [3.8, 4) is 0 Å². The van der Waals surface area contributed by atoms with Crippen LogP contribution in [0.5, 0.6) is 0 Å². The molecule has 0 heterocycles. The molecule has 0 aliphatic heterocycles. The fraction of sp³-hybridized carbons (Fsp3) is 0.822. The predicted molar refractivity (Wildman–Crippen MR) is 344 cm³/mol. The minimum Gasteiger partial charge on any atom is -0.462 e. The summed E-state index contributed by atoms with van der Waals surface area (Å²) >= 11 is 0. The summed E-state index contributed by atoms with van der Waals surface area (Å²) in [5, 5.41) is 0. The van der Waals surface area contributed by atoms with Gasteiger partial charge in [-0.3, -0.25) is 14.4 Å². The van der Waals surface area contributed by atoms with Gasteiger partial charge < -0.3 is 14.2 Å². The Morgan fingerprint density at radius 1 is 0.253 bits per heavy atom. The average molecular weight is 1110 g/mol. The highest BCUT2D eigenvalue weighted by Gasteiger charge is 2.19. The molecule has 0 saturated carbocycles. The van der Waals surface area contributed by atoms with E-state index in [2.05, 4.69) is 81.5 Å². The van der Waals surface area contributed by atoms with Crippen LogP contribution < -0.4 is 0 Å². The summed E-state index contributed by atoms with van der Waals surface area (Å²) in [5.41, 5.74) is 0. The molecule has 0 bridgehead atoms. The first kappa shape index (κ1) is 76.1. The van der Waals surface area contributed by atoms with E-state index in [-0.39, 0.29) is 31.1 Å². The Hall–Kier alpha value is -2.89. The Balaban J connectivity index is 4.33. The van der Waals surface area contributed by atoms with Crippen LogP contribution in [-0.4, -0.2) is 37.2 Å². The Kier molecular flexibility index (Phi) is 65.1. The third kappa shape index (κ3) is 65.8. The molecule has 0 fully saturated rings. The second-order valence-electron chi connectivity index (χ2n) is 23.4. The van der Waals surface area contributed by atoms with Crippen molar-refractivity contribution in [2.24, 2.45) is 0 Å². The average Bonchev–Trinajstić information content (AvgIpc) is 3.45. The molecule has 0 aliphatic rings. The summed E-state index contributed by atoms with van der Waals surface area (Å²) in [6, 6.07) is 0. The van der Waals surface area contributed by atoms with Crippen LogP contribution in [0.4, 0.5) is 0 Å². The summed E-state index contributed by atoms with van der Waals surface area (Å²) in [5.74, 6) is -0.868. The van der Waals surface area contributed by atoms with Crippen LogP contribution in [0.3, 0.4) is 0 Å². The SMILES string of the molecule is CCCCCC/C=C\C/C=C\CCCCCCCCCC(=O)OC(COC(=O)CCCCCCCCC/C=C\CCCCCCCCC)COC(=O)CCCCCCCCCCCCCCC/C=C\C/C=C\CCCCCCC. The summed E-state index contributed by atoms with van der Waals surface area (Å²) in [6.07, 6.45) is 86.6. The molecule has 0 spiro atoms. The lowest BCUT2D eigenvalue weighted by molar-refractivity contribution is -0.167. The smallest absolute Gasteiger partial charge is 0.306 e. The van der Waals surface area contributed by atoms with Crippen molar-refractivity contribution in [2.45, 2.75) is 374 Å². The number of carbonyl (C=O) groups excluding carboxylic acids is 3. The lowest BCUT2D eigenvalue weighted by Gasteiger charge is -2.18. The van der Waals surface area contributed by atoms with Crippen LogP contribution in [-0.2, 0) is 28.6 Å². The molecule has 1 unspecified atom stereocenters. The molecule has 0 aromatic rings. The maximum atomic E-state index is 12.9. The monoisotopic (exact) mass is 1110 g/mol. The number of carbonyl (C=O) groups is 3. The van der Waals surface area contributed by atoms with Crippen LogP contribution in [0.2, 0.25) is 0 Å². The highest BCUT2D eigenvalue weighted by molar-refractivity contribution is 5.71. The fourth-order valence-corrected chi connectivity index (χ4v) is 10.2.